The highest BCUT2D eigenvalue weighted by molar-refractivity contribution is 7.89. The van der Waals surface area contributed by atoms with Crippen molar-refractivity contribution in [1.29, 1.82) is 0 Å². The third-order valence-corrected chi connectivity index (χ3v) is 6.61. The Hall–Kier alpha value is -3.08. The summed E-state index contributed by atoms with van der Waals surface area (Å²) in [4.78, 5) is 14.0. The quantitative estimate of drug-likeness (QED) is 0.634. The number of para-hydroxylation sites is 1. The van der Waals surface area contributed by atoms with Crippen molar-refractivity contribution < 1.29 is 17.9 Å². The van der Waals surface area contributed by atoms with Gasteiger partial charge < -0.3 is 10.1 Å². The van der Waals surface area contributed by atoms with Gasteiger partial charge in [-0.3, -0.25) is 4.79 Å². The minimum absolute atomic E-state index is 0.199. The van der Waals surface area contributed by atoms with Gasteiger partial charge in [-0.05, 0) is 29.8 Å². The summed E-state index contributed by atoms with van der Waals surface area (Å²) in [6.07, 6.45) is 1.40. The molecule has 0 spiro atoms. The molecule has 0 atom stereocenters. The second-order valence-corrected chi connectivity index (χ2v) is 8.64. The molecular formula is C20H21N5O4S. The van der Waals surface area contributed by atoms with E-state index in [1.54, 1.807) is 24.3 Å². The number of carbonyl (C=O) groups is 1. The van der Waals surface area contributed by atoms with Crippen LogP contribution in [0.1, 0.15) is 16.1 Å². The summed E-state index contributed by atoms with van der Waals surface area (Å²) in [6.45, 7) is 1.75. The normalized spacial score (nSPS) is 15.1. The molecule has 2 heterocycles. The van der Waals surface area contributed by atoms with Crippen LogP contribution in [0.25, 0.3) is 5.69 Å². The number of nitrogens with one attached hydrogen (secondary N) is 1. The molecule has 1 saturated heterocycles. The molecule has 2 aromatic carbocycles. The molecular weight excluding hydrogens is 406 g/mol. The van der Waals surface area contributed by atoms with Crippen LogP contribution in [0.15, 0.2) is 65.7 Å². The lowest BCUT2D eigenvalue weighted by molar-refractivity contribution is 0.0730. The van der Waals surface area contributed by atoms with E-state index in [-0.39, 0.29) is 23.0 Å². The van der Waals surface area contributed by atoms with Crippen LogP contribution in [0.4, 0.5) is 0 Å². The molecule has 0 aliphatic carbocycles. The number of amides is 1. The minimum Gasteiger partial charge on any atom is -0.379 e. The van der Waals surface area contributed by atoms with Crippen molar-refractivity contribution in [3.05, 3.63) is 72.1 Å². The van der Waals surface area contributed by atoms with Gasteiger partial charge in [0.2, 0.25) is 10.0 Å². The van der Waals surface area contributed by atoms with Crippen LogP contribution in [0.5, 0.6) is 0 Å². The highest BCUT2D eigenvalue weighted by Gasteiger charge is 2.26. The van der Waals surface area contributed by atoms with Crippen molar-refractivity contribution in [3.63, 3.8) is 0 Å². The number of rotatable bonds is 6. The van der Waals surface area contributed by atoms with Crippen molar-refractivity contribution in [1.82, 2.24) is 24.6 Å². The van der Waals surface area contributed by atoms with Crippen LogP contribution in [-0.4, -0.2) is 59.9 Å². The van der Waals surface area contributed by atoms with E-state index in [0.29, 0.717) is 26.3 Å². The van der Waals surface area contributed by atoms with Crippen LogP contribution in [-0.2, 0) is 21.3 Å². The maximum atomic E-state index is 12.7. The molecule has 0 bridgehead atoms. The number of nitrogens with zero attached hydrogens (tertiary/aromatic N) is 4. The van der Waals surface area contributed by atoms with Crippen LogP contribution < -0.4 is 5.32 Å². The predicted molar refractivity (Wildman–Crippen MR) is 109 cm³/mol. The second-order valence-electron chi connectivity index (χ2n) is 6.70. The van der Waals surface area contributed by atoms with Crippen molar-refractivity contribution in [2.75, 3.05) is 26.3 Å². The average molecular weight is 427 g/mol. The zero-order valence-corrected chi connectivity index (χ0v) is 17.0. The lowest BCUT2D eigenvalue weighted by Gasteiger charge is -2.26. The van der Waals surface area contributed by atoms with E-state index in [1.807, 2.05) is 30.3 Å². The van der Waals surface area contributed by atoms with Crippen molar-refractivity contribution >= 4 is 15.9 Å². The number of morpholine rings is 1. The zero-order valence-electron chi connectivity index (χ0n) is 16.1. The SMILES string of the molecule is O=C(NCc1ccc(S(=O)(=O)N2CCOCC2)cc1)c1cnn(-c2ccccc2)n1. The van der Waals surface area contributed by atoms with E-state index in [2.05, 4.69) is 15.5 Å². The highest BCUT2D eigenvalue weighted by Crippen LogP contribution is 2.17. The first-order chi connectivity index (χ1) is 14.5. The Balaban J connectivity index is 1.37. The third-order valence-electron chi connectivity index (χ3n) is 4.70. The van der Waals surface area contributed by atoms with E-state index in [9.17, 15) is 13.2 Å². The van der Waals surface area contributed by atoms with Gasteiger partial charge in [-0.1, -0.05) is 30.3 Å². The Morgan fingerprint density at radius 1 is 1.03 bits per heavy atom. The van der Waals surface area contributed by atoms with Gasteiger partial charge in [0.05, 0.1) is 30.0 Å². The van der Waals surface area contributed by atoms with Gasteiger partial charge in [-0.15, -0.1) is 5.10 Å². The largest absolute Gasteiger partial charge is 0.379 e. The van der Waals surface area contributed by atoms with Crippen LogP contribution in [0.3, 0.4) is 0 Å². The summed E-state index contributed by atoms with van der Waals surface area (Å²) in [5, 5.41) is 11.1. The van der Waals surface area contributed by atoms with E-state index in [4.69, 9.17) is 4.74 Å². The fourth-order valence-electron chi connectivity index (χ4n) is 3.04. The summed E-state index contributed by atoms with van der Waals surface area (Å²) in [5.74, 6) is -0.359. The molecule has 1 aliphatic heterocycles. The molecule has 1 N–H and O–H groups in total. The topological polar surface area (TPSA) is 106 Å². The molecule has 156 valence electrons. The molecule has 1 aliphatic rings. The second kappa shape index (κ2) is 8.74. The van der Waals surface area contributed by atoms with Gasteiger partial charge in [0, 0.05) is 19.6 Å². The molecule has 1 amide bonds. The van der Waals surface area contributed by atoms with E-state index in [1.165, 1.54) is 15.3 Å². The molecule has 3 aromatic rings. The van der Waals surface area contributed by atoms with Gasteiger partial charge in [-0.2, -0.15) is 14.2 Å². The lowest BCUT2D eigenvalue weighted by atomic mass is 10.2. The number of hydrogen-bond donors (Lipinski definition) is 1. The van der Waals surface area contributed by atoms with Gasteiger partial charge in [0.25, 0.3) is 5.91 Å². The molecule has 1 aromatic heterocycles. The molecule has 30 heavy (non-hydrogen) atoms. The molecule has 4 rings (SSSR count). The van der Waals surface area contributed by atoms with Gasteiger partial charge in [-0.25, -0.2) is 8.42 Å². The van der Waals surface area contributed by atoms with Crippen molar-refractivity contribution in [3.8, 4) is 5.69 Å². The Morgan fingerprint density at radius 2 is 1.73 bits per heavy atom. The highest BCUT2D eigenvalue weighted by atomic mass is 32.2. The molecule has 1 fully saturated rings. The molecule has 0 saturated carbocycles. The molecule has 0 unspecified atom stereocenters. The number of benzene rings is 2. The van der Waals surface area contributed by atoms with Crippen molar-refractivity contribution in [2.24, 2.45) is 0 Å². The average Bonchev–Trinajstić information content (AvgIpc) is 3.29. The molecule has 9 nitrogen and oxygen atoms in total. The van der Waals surface area contributed by atoms with E-state index < -0.39 is 10.0 Å². The van der Waals surface area contributed by atoms with Gasteiger partial charge in [0.15, 0.2) is 5.69 Å². The van der Waals surface area contributed by atoms with Crippen LogP contribution in [0.2, 0.25) is 0 Å². The smallest absolute Gasteiger partial charge is 0.273 e. The number of ether oxygens (including phenoxy) is 1. The summed E-state index contributed by atoms with van der Waals surface area (Å²) >= 11 is 0. The standard InChI is InChI=1S/C20H21N5O4S/c26-20(19-15-22-25(23-19)17-4-2-1-3-5-17)21-14-16-6-8-18(9-7-16)30(27,28)24-10-12-29-13-11-24/h1-9,15H,10-14H2,(H,21,26). The number of sulfonamides is 1. The first-order valence-corrected chi connectivity index (χ1v) is 10.9. The van der Waals surface area contributed by atoms with Crippen molar-refractivity contribution in [2.45, 2.75) is 11.4 Å². The Morgan fingerprint density at radius 3 is 2.43 bits per heavy atom. The van der Waals surface area contributed by atoms with Crippen LogP contribution >= 0.6 is 0 Å². The van der Waals surface area contributed by atoms with E-state index in [0.717, 1.165) is 11.3 Å². The lowest BCUT2D eigenvalue weighted by Crippen LogP contribution is -2.40. The fraction of sp³-hybridized carbons (Fsp3) is 0.250. The summed E-state index contributed by atoms with van der Waals surface area (Å²) in [6, 6.07) is 15.8. The first kappa shape index (κ1) is 20.2. The number of aromatic nitrogens is 3. The third kappa shape index (κ3) is 4.40. The summed E-state index contributed by atoms with van der Waals surface area (Å²) < 4.78 is 31.9. The predicted octanol–water partition coefficient (Wildman–Crippen LogP) is 1.22. The van der Waals surface area contributed by atoms with E-state index >= 15 is 0 Å². The van der Waals surface area contributed by atoms with Gasteiger partial charge >= 0.3 is 0 Å². The maximum absolute atomic E-state index is 12.7. The Kier molecular flexibility index (Phi) is 5.88. The molecule has 0 radical (unpaired) electrons. The van der Waals surface area contributed by atoms with Crippen LogP contribution in [0, 0.1) is 0 Å². The van der Waals surface area contributed by atoms with Gasteiger partial charge in [0.1, 0.15) is 0 Å². The number of carbonyl (C=O) groups excluding carboxylic acids is 1. The number of hydrogen-bond acceptors (Lipinski definition) is 6. The Labute approximate surface area is 174 Å². The first-order valence-electron chi connectivity index (χ1n) is 9.47. The Bertz CT molecular complexity index is 1110. The minimum atomic E-state index is -3.53. The summed E-state index contributed by atoms with van der Waals surface area (Å²) in [5.41, 5.74) is 1.73. The zero-order chi connectivity index (χ0) is 21.0. The molecule has 10 heteroatoms. The summed E-state index contributed by atoms with van der Waals surface area (Å²) in [7, 11) is -3.53. The monoisotopic (exact) mass is 427 g/mol. The fourth-order valence-corrected chi connectivity index (χ4v) is 4.45. The maximum Gasteiger partial charge on any atom is 0.273 e.